The van der Waals surface area contributed by atoms with Crippen molar-refractivity contribution in [3.8, 4) is 33.9 Å². The van der Waals surface area contributed by atoms with Crippen LogP contribution in [0.5, 0.6) is 0 Å². The number of hydrogen-bond donors (Lipinski definition) is 2. The van der Waals surface area contributed by atoms with Gasteiger partial charge in [-0.3, -0.25) is 4.79 Å². The third-order valence-corrected chi connectivity index (χ3v) is 4.21. The van der Waals surface area contributed by atoms with Crippen LogP contribution in [0.1, 0.15) is 0 Å². The largest absolute Gasteiger partial charge is 0.426 e. The second-order valence-corrected chi connectivity index (χ2v) is 5.99. The molecule has 0 aliphatic carbocycles. The highest BCUT2D eigenvalue weighted by Gasteiger charge is 2.25. The van der Waals surface area contributed by atoms with E-state index in [0.29, 0.717) is 10.3 Å². The van der Waals surface area contributed by atoms with Crippen molar-refractivity contribution < 1.29 is 18.4 Å². The number of pyridine rings is 1. The van der Waals surface area contributed by atoms with Gasteiger partial charge in [0.1, 0.15) is 28.8 Å². The zero-order valence-corrected chi connectivity index (χ0v) is 14.2. The van der Waals surface area contributed by atoms with E-state index >= 15 is 0 Å². The lowest BCUT2D eigenvalue weighted by atomic mass is 10.1. The van der Waals surface area contributed by atoms with E-state index in [-0.39, 0.29) is 22.8 Å². The molecular weight excluding hydrogens is 371 g/mol. The molecular formula is C20H12F3N3O2. The first kappa shape index (κ1) is 17.6. The number of H-pyrrole nitrogens is 1. The zero-order valence-electron chi connectivity index (χ0n) is 14.2. The highest BCUT2D eigenvalue weighted by Crippen LogP contribution is 2.36. The van der Waals surface area contributed by atoms with Crippen LogP contribution in [-0.2, 0) is 0 Å². The summed E-state index contributed by atoms with van der Waals surface area (Å²) in [7, 11) is 0. The number of aromatic nitrogens is 3. The fourth-order valence-corrected chi connectivity index (χ4v) is 2.95. The predicted molar refractivity (Wildman–Crippen MR) is 96.2 cm³/mol. The first-order valence-corrected chi connectivity index (χ1v) is 8.17. The summed E-state index contributed by atoms with van der Waals surface area (Å²) in [5.41, 5.74) is -0.142. The summed E-state index contributed by atoms with van der Waals surface area (Å²) in [5.74, 6) is -2.69. The molecule has 28 heavy (non-hydrogen) atoms. The molecule has 2 N–H and O–H groups in total. The fourth-order valence-electron chi connectivity index (χ4n) is 2.95. The molecule has 0 unspecified atom stereocenters. The van der Waals surface area contributed by atoms with E-state index in [4.69, 9.17) is 0 Å². The summed E-state index contributed by atoms with van der Waals surface area (Å²) in [5, 5.41) is 10.7. The van der Waals surface area contributed by atoms with Crippen molar-refractivity contribution in [3.05, 3.63) is 88.6 Å². The van der Waals surface area contributed by atoms with E-state index < -0.39 is 28.6 Å². The Morgan fingerprint density at radius 2 is 1.61 bits per heavy atom. The van der Waals surface area contributed by atoms with Crippen LogP contribution in [0.3, 0.4) is 0 Å². The van der Waals surface area contributed by atoms with Crippen LogP contribution in [0.2, 0.25) is 0 Å². The summed E-state index contributed by atoms with van der Waals surface area (Å²) in [6, 6.07) is 11.2. The third-order valence-electron chi connectivity index (χ3n) is 4.21. The number of aromatic amines is 1. The van der Waals surface area contributed by atoms with Gasteiger partial charge >= 0.3 is 0 Å². The van der Waals surface area contributed by atoms with Crippen molar-refractivity contribution in [3.63, 3.8) is 0 Å². The average molecular weight is 383 g/mol. The molecule has 140 valence electrons. The number of halogens is 3. The minimum absolute atomic E-state index is 0.0374. The van der Waals surface area contributed by atoms with Crippen LogP contribution in [0.25, 0.3) is 33.9 Å². The van der Waals surface area contributed by atoms with Gasteiger partial charge in [0.05, 0.1) is 5.56 Å². The number of hydrogen-bond acceptors (Lipinski definition) is 3. The molecule has 8 heteroatoms. The molecule has 0 aliphatic rings. The molecule has 4 rings (SSSR count). The Labute approximate surface area is 156 Å². The monoisotopic (exact) mass is 383 g/mol. The molecule has 4 aromatic rings. The second-order valence-electron chi connectivity index (χ2n) is 5.99. The minimum Gasteiger partial charge on any atom is -0.426 e. The SMILES string of the molecule is O=c1cc(-c2c(-c3ccc(F)cc3)nc(-c3c(F)cccc3F)n2O)cc[nH]1. The predicted octanol–water partition coefficient (Wildman–Crippen LogP) is 4.23. The van der Waals surface area contributed by atoms with Crippen LogP contribution in [0.4, 0.5) is 13.2 Å². The van der Waals surface area contributed by atoms with Crippen LogP contribution in [0, 0.1) is 17.5 Å². The Morgan fingerprint density at radius 1 is 0.929 bits per heavy atom. The first-order chi connectivity index (χ1) is 13.5. The number of nitrogens with one attached hydrogen (secondary N) is 1. The van der Waals surface area contributed by atoms with E-state index in [2.05, 4.69) is 9.97 Å². The van der Waals surface area contributed by atoms with Gasteiger partial charge in [-0.15, -0.1) is 0 Å². The van der Waals surface area contributed by atoms with E-state index in [1.807, 2.05) is 0 Å². The fraction of sp³-hybridized carbons (Fsp3) is 0. The van der Waals surface area contributed by atoms with Gasteiger partial charge in [-0.25, -0.2) is 18.2 Å². The second kappa shape index (κ2) is 6.73. The normalized spacial score (nSPS) is 11.0. The van der Waals surface area contributed by atoms with E-state index in [1.54, 1.807) is 0 Å². The van der Waals surface area contributed by atoms with Crippen LogP contribution >= 0.6 is 0 Å². The zero-order chi connectivity index (χ0) is 19.8. The minimum atomic E-state index is -0.914. The van der Waals surface area contributed by atoms with Crippen molar-refractivity contribution in [1.29, 1.82) is 0 Å². The summed E-state index contributed by atoms with van der Waals surface area (Å²) in [6.45, 7) is 0. The van der Waals surface area contributed by atoms with Crippen LogP contribution in [-0.4, -0.2) is 19.9 Å². The van der Waals surface area contributed by atoms with Gasteiger partial charge in [-0.2, -0.15) is 4.73 Å². The molecule has 0 radical (unpaired) electrons. The number of benzene rings is 2. The molecule has 2 heterocycles. The molecule has 0 atom stereocenters. The molecule has 0 saturated heterocycles. The van der Waals surface area contributed by atoms with E-state index in [1.165, 1.54) is 48.7 Å². The van der Waals surface area contributed by atoms with Gasteiger partial charge in [0.2, 0.25) is 5.56 Å². The molecule has 0 saturated carbocycles. The molecule has 0 bridgehead atoms. The third kappa shape index (κ3) is 2.94. The molecule has 0 aliphatic heterocycles. The number of nitrogens with zero attached hydrogens (tertiary/aromatic N) is 2. The lowest BCUT2D eigenvalue weighted by Gasteiger charge is -2.07. The average Bonchev–Trinajstić information content (AvgIpc) is 2.99. The van der Waals surface area contributed by atoms with Crippen LogP contribution < -0.4 is 5.56 Å². The summed E-state index contributed by atoms with van der Waals surface area (Å²) >= 11 is 0. The summed E-state index contributed by atoms with van der Waals surface area (Å²) in [4.78, 5) is 18.4. The lowest BCUT2D eigenvalue weighted by molar-refractivity contribution is 0.195. The van der Waals surface area contributed by atoms with Crippen molar-refractivity contribution in [2.45, 2.75) is 0 Å². The lowest BCUT2D eigenvalue weighted by Crippen LogP contribution is -2.05. The van der Waals surface area contributed by atoms with Crippen LogP contribution in [0.15, 0.2) is 65.6 Å². The maximum Gasteiger partial charge on any atom is 0.248 e. The van der Waals surface area contributed by atoms with E-state index in [0.717, 1.165) is 12.1 Å². The molecule has 0 fully saturated rings. The standard InChI is InChI=1S/C20H12F3N3O2/c21-13-6-4-11(5-7-13)18-19(12-8-9-24-16(27)10-12)26(28)20(25-18)17-14(22)2-1-3-15(17)23/h1-10,28H,(H,24,27). The van der Waals surface area contributed by atoms with Crippen molar-refractivity contribution >= 4 is 0 Å². The Bertz CT molecular complexity index is 1210. The number of imidazole rings is 1. The Morgan fingerprint density at radius 3 is 2.25 bits per heavy atom. The van der Waals surface area contributed by atoms with Gasteiger partial charge in [-0.05, 0) is 42.5 Å². The van der Waals surface area contributed by atoms with E-state index in [9.17, 15) is 23.2 Å². The van der Waals surface area contributed by atoms with Gasteiger partial charge in [0.25, 0.3) is 0 Å². The Hall–Kier alpha value is -3.81. The smallest absolute Gasteiger partial charge is 0.248 e. The molecule has 2 aromatic heterocycles. The molecule has 0 amide bonds. The highest BCUT2D eigenvalue weighted by atomic mass is 19.1. The van der Waals surface area contributed by atoms with Gasteiger partial charge in [0.15, 0.2) is 5.82 Å². The maximum absolute atomic E-state index is 14.3. The van der Waals surface area contributed by atoms with Gasteiger partial charge in [0, 0.05) is 23.4 Å². The maximum atomic E-state index is 14.3. The van der Waals surface area contributed by atoms with Crippen molar-refractivity contribution in [2.75, 3.05) is 0 Å². The summed E-state index contributed by atoms with van der Waals surface area (Å²) < 4.78 is 42.4. The Kier molecular flexibility index (Phi) is 4.23. The highest BCUT2D eigenvalue weighted by molar-refractivity contribution is 5.81. The van der Waals surface area contributed by atoms with Gasteiger partial charge < -0.3 is 10.2 Å². The van der Waals surface area contributed by atoms with Crippen molar-refractivity contribution in [2.24, 2.45) is 0 Å². The quantitative estimate of drug-likeness (QED) is 0.520. The molecule has 2 aromatic carbocycles. The molecule has 0 spiro atoms. The topological polar surface area (TPSA) is 70.9 Å². The number of rotatable bonds is 3. The Balaban J connectivity index is 2.05. The molecule has 5 nitrogen and oxygen atoms in total. The van der Waals surface area contributed by atoms with Crippen molar-refractivity contribution in [1.82, 2.24) is 14.7 Å². The summed E-state index contributed by atoms with van der Waals surface area (Å²) in [6.07, 6.45) is 1.36. The van der Waals surface area contributed by atoms with Gasteiger partial charge in [-0.1, -0.05) is 6.07 Å². The first-order valence-electron chi connectivity index (χ1n) is 8.17.